The van der Waals surface area contributed by atoms with Gasteiger partial charge >= 0.3 is 0 Å². The molecule has 0 aliphatic rings. The van der Waals surface area contributed by atoms with E-state index in [1.807, 2.05) is 0 Å². The first-order valence-electron chi connectivity index (χ1n) is 4.66. The number of nitrogens with one attached hydrogen (secondary N) is 1. The average Bonchev–Trinajstić information content (AvgIpc) is 2.64. The van der Waals surface area contributed by atoms with Crippen LogP contribution in [0.2, 0.25) is 0 Å². The summed E-state index contributed by atoms with van der Waals surface area (Å²) < 4.78 is 1.61. The van der Waals surface area contributed by atoms with Crippen LogP contribution in [0.1, 0.15) is 10.4 Å². The molecule has 3 N–H and O–H groups in total. The Hall–Kier alpha value is -2.37. The number of amides is 1. The summed E-state index contributed by atoms with van der Waals surface area (Å²) in [7, 11) is 1.78. The van der Waals surface area contributed by atoms with E-state index >= 15 is 0 Å². The maximum atomic E-state index is 11.7. The molecular weight excluding hydrogens is 206 g/mol. The zero-order valence-electron chi connectivity index (χ0n) is 8.71. The lowest BCUT2D eigenvalue weighted by Crippen LogP contribution is -2.12. The number of hydrogen-bond acceptors (Lipinski definition) is 4. The highest BCUT2D eigenvalue weighted by Gasteiger charge is 2.07. The Morgan fingerprint density at radius 1 is 1.56 bits per heavy atom. The molecule has 0 aliphatic heterocycles. The largest absolute Gasteiger partial charge is 0.384 e. The fourth-order valence-electron chi connectivity index (χ4n) is 1.28. The van der Waals surface area contributed by atoms with Crippen LogP contribution < -0.4 is 11.1 Å². The Morgan fingerprint density at radius 3 is 3.00 bits per heavy atom. The Morgan fingerprint density at radius 2 is 2.38 bits per heavy atom. The second-order valence-corrected chi connectivity index (χ2v) is 3.33. The molecule has 2 aromatic rings. The van der Waals surface area contributed by atoms with Gasteiger partial charge in [-0.05, 0) is 12.1 Å². The minimum absolute atomic E-state index is 0.234. The first-order valence-corrected chi connectivity index (χ1v) is 4.66. The Balaban J connectivity index is 2.14. The molecule has 2 heterocycles. The fourth-order valence-corrected chi connectivity index (χ4v) is 1.28. The number of nitrogens with zero attached hydrogens (tertiary/aromatic N) is 3. The number of hydrogen-bond donors (Lipinski definition) is 2. The molecule has 0 saturated heterocycles. The van der Waals surface area contributed by atoms with Crippen LogP contribution in [0.5, 0.6) is 0 Å². The van der Waals surface area contributed by atoms with Crippen molar-refractivity contribution in [3.63, 3.8) is 0 Å². The molecule has 1 amide bonds. The molecule has 0 aliphatic carbocycles. The van der Waals surface area contributed by atoms with Crippen LogP contribution in [0, 0.1) is 0 Å². The fraction of sp³-hybridized carbons (Fsp3) is 0.100. The topological polar surface area (TPSA) is 85.8 Å². The molecule has 0 bridgehead atoms. The van der Waals surface area contributed by atoms with Crippen molar-refractivity contribution in [2.24, 2.45) is 7.05 Å². The first-order chi connectivity index (χ1) is 7.65. The molecule has 6 nitrogen and oxygen atoms in total. The molecule has 0 aromatic carbocycles. The van der Waals surface area contributed by atoms with E-state index in [1.54, 1.807) is 30.2 Å². The van der Waals surface area contributed by atoms with Crippen molar-refractivity contribution in [3.05, 3.63) is 36.3 Å². The number of nitrogens with two attached hydrogens (primary N) is 1. The average molecular weight is 217 g/mol. The van der Waals surface area contributed by atoms with E-state index in [4.69, 9.17) is 5.73 Å². The third kappa shape index (κ3) is 2.17. The van der Waals surface area contributed by atoms with Gasteiger partial charge < -0.3 is 11.1 Å². The van der Waals surface area contributed by atoms with Crippen LogP contribution in [0.4, 0.5) is 11.5 Å². The van der Waals surface area contributed by atoms with E-state index in [1.165, 1.54) is 12.3 Å². The predicted molar refractivity (Wildman–Crippen MR) is 59.8 cm³/mol. The third-order valence-corrected chi connectivity index (χ3v) is 2.01. The summed E-state index contributed by atoms with van der Waals surface area (Å²) in [4.78, 5) is 15.6. The van der Waals surface area contributed by atoms with E-state index in [-0.39, 0.29) is 5.91 Å². The van der Waals surface area contributed by atoms with Gasteiger partial charge in [-0.15, -0.1) is 0 Å². The SMILES string of the molecule is Cn1cc(NC(=O)c2ccnc(N)c2)cn1. The van der Waals surface area contributed by atoms with Gasteiger partial charge in [0.1, 0.15) is 5.82 Å². The molecule has 2 aromatic heterocycles. The van der Waals surface area contributed by atoms with Crippen LogP contribution in [0.15, 0.2) is 30.7 Å². The van der Waals surface area contributed by atoms with Gasteiger partial charge in [-0.2, -0.15) is 5.10 Å². The highest BCUT2D eigenvalue weighted by molar-refractivity contribution is 6.04. The van der Waals surface area contributed by atoms with Crippen LogP contribution >= 0.6 is 0 Å². The normalized spacial score (nSPS) is 10.1. The van der Waals surface area contributed by atoms with Gasteiger partial charge in [0.25, 0.3) is 5.91 Å². The molecule has 0 atom stereocenters. The van der Waals surface area contributed by atoms with Gasteiger partial charge in [-0.3, -0.25) is 9.48 Å². The molecule has 0 fully saturated rings. The number of carbonyl (C=O) groups is 1. The smallest absolute Gasteiger partial charge is 0.255 e. The standard InChI is InChI=1S/C10H11N5O/c1-15-6-8(5-13-15)14-10(16)7-2-3-12-9(11)4-7/h2-6H,1H3,(H2,11,12)(H,14,16). The number of nitrogen functional groups attached to an aromatic ring is 1. The third-order valence-electron chi connectivity index (χ3n) is 2.01. The minimum atomic E-state index is -0.234. The van der Waals surface area contributed by atoms with Crippen molar-refractivity contribution >= 4 is 17.4 Å². The first kappa shape index (κ1) is 10.2. The summed E-state index contributed by atoms with van der Waals surface area (Å²) in [6.07, 6.45) is 4.78. The molecule has 2 rings (SSSR count). The van der Waals surface area contributed by atoms with E-state index in [0.29, 0.717) is 17.1 Å². The van der Waals surface area contributed by atoms with Crippen molar-refractivity contribution < 1.29 is 4.79 Å². The molecule has 16 heavy (non-hydrogen) atoms. The number of carbonyl (C=O) groups excluding carboxylic acids is 1. The summed E-state index contributed by atoms with van der Waals surface area (Å²) in [5, 5.41) is 6.65. The highest BCUT2D eigenvalue weighted by Crippen LogP contribution is 2.08. The van der Waals surface area contributed by atoms with Crippen molar-refractivity contribution in [3.8, 4) is 0 Å². The van der Waals surface area contributed by atoms with Crippen LogP contribution in [-0.2, 0) is 7.05 Å². The molecule has 0 spiro atoms. The zero-order valence-corrected chi connectivity index (χ0v) is 8.71. The second-order valence-electron chi connectivity index (χ2n) is 3.33. The number of aromatic nitrogens is 3. The Labute approximate surface area is 92.1 Å². The van der Waals surface area contributed by atoms with Gasteiger partial charge in [0.05, 0.1) is 11.9 Å². The van der Waals surface area contributed by atoms with Gasteiger partial charge in [-0.1, -0.05) is 0 Å². The predicted octanol–water partition coefficient (Wildman–Crippen LogP) is 0.650. The molecular formula is C10H11N5O. The van der Waals surface area contributed by atoms with Crippen molar-refractivity contribution in [1.29, 1.82) is 0 Å². The maximum Gasteiger partial charge on any atom is 0.255 e. The summed E-state index contributed by atoms with van der Waals surface area (Å²) in [6.45, 7) is 0. The van der Waals surface area contributed by atoms with E-state index in [0.717, 1.165) is 0 Å². The highest BCUT2D eigenvalue weighted by atomic mass is 16.1. The molecule has 0 saturated carbocycles. The Bertz CT molecular complexity index is 519. The number of rotatable bonds is 2. The summed E-state index contributed by atoms with van der Waals surface area (Å²) in [5.41, 5.74) is 6.60. The summed E-state index contributed by atoms with van der Waals surface area (Å²) in [6, 6.07) is 3.12. The Kier molecular flexibility index (Phi) is 2.55. The molecule has 6 heteroatoms. The zero-order chi connectivity index (χ0) is 11.5. The monoisotopic (exact) mass is 217 g/mol. The maximum absolute atomic E-state index is 11.7. The summed E-state index contributed by atoms with van der Waals surface area (Å²) in [5.74, 6) is 0.0842. The van der Waals surface area contributed by atoms with Gasteiger partial charge in [0, 0.05) is 25.0 Å². The quantitative estimate of drug-likeness (QED) is 0.773. The lowest BCUT2D eigenvalue weighted by Gasteiger charge is -2.02. The van der Waals surface area contributed by atoms with Crippen molar-refractivity contribution in [1.82, 2.24) is 14.8 Å². The van der Waals surface area contributed by atoms with Gasteiger partial charge in [-0.25, -0.2) is 4.98 Å². The van der Waals surface area contributed by atoms with Gasteiger partial charge in [0.2, 0.25) is 0 Å². The van der Waals surface area contributed by atoms with Crippen LogP contribution in [-0.4, -0.2) is 20.7 Å². The van der Waals surface area contributed by atoms with Crippen LogP contribution in [0.25, 0.3) is 0 Å². The lowest BCUT2D eigenvalue weighted by molar-refractivity contribution is 0.102. The van der Waals surface area contributed by atoms with Crippen molar-refractivity contribution in [2.75, 3.05) is 11.1 Å². The molecule has 0 unspecified atom stereocenters. The number of aryl methyl sites for hydroxylation is 1. The van der Waals surface area contributed by atoms with E-state index in [9.17, 15) is 4.79 Å². The summed E-state index contributed by atoms with van der Waals surface area (Å²) >= 11 is 0. The lowest BCUT2D eigenvalue weighted by atomic mass is 10.2. The van der Waals surface area contributed by atoms with Gasteiger partial charge in [0.15, 0.2) is 0 Å². The molecule has 82 valence electrons. The van der Waals surface area contributed by atoms with Crippen LogP contribution in [0.3, 0.4) is 0 Å². The molecule has 0 radical (unpaired) electrons. The van der Waals surface area contributed by atoms with E-state index < -0.39 is 0 Å². The van der Waals surface area contributed by atoms with E-state index in [2.05, 4.69) is 15.4 Å². The second kappa shape index (κ2) is 4.01. The minimum Gasteiger partial charge on any atom is -0.384 e. The van der Waals surface area contributed by atoms with Crippen molar-refractivity contribution in [2.45, 2.75) is 0 Å². The number of pyridine rings is 1. The number of anilines is 2.